The van der Waals surface area contributed by atoms with Crippen LogP contribution in [0.5, 0.6) is 0 Å². The Hall–Kier alpha value is 1.11. The summed E-state index contributed by atoms with van der Waals surface area (Å²) in [4.78, 5) is 5.56. The van der Waals surface area contributed by atoms with Gasteiger partial charge in [-0.05, 0) is 62.9 Å². The molecule has 0 aromatic heterocycles. The van der Waals surface area contributed by atoms with Gasteiger partial charge in [0.05, 0.1) is 0 Å². The monoisotopic (exact) mass is 580 g/mol. The molecule has 3 nitrogen and oxygen atoms in total. The summed E-state index contributed by atoms with van der Waals surface area (Å²) in [7, 11) is -0.127. The van der Waals surface area contributed by atoms with Crippen molar-refractivity contribution in [2.45, 2.75) is 166 Å². The Morgan fingerprint density at radius 1 is 0.657 bits per heavy atom. The third kappa shape index (κ3) is 12.7. The molecule has 0 aromatic carbocycles. The summed E-state index contributed by atoms with van der Waals surface area (Å²) in [5.74, 6) is 0. The molecule has 0 bridgehead atoms. The van der Waals surface area contributed by atoms with E-state index in [0.29, 0.717) is 12.1 Å². The normalized spacial score (nSPS) is 23.6. The van der Waals surface area contributed by atoms with Gasteiger partial charge in [-0.2, -0.15) is 0 Å². The van der Waals surface area contributed by atoms with E-state index >= 15 is 0 Å². The van der Waals surface area contributed by atoms with Gasteiger partial charge < -0.3 is 32.0 Å². The average Bonchev–Trinajstić information content (AvgIpc) is 2.88. The Morgan fingerprint density at radius 3 is 1.46 bits per heavy atom. The zero-order valence-corrected chi connectivity index (χ0v) is 27.1. The van der Waals surface area contributed by atoms with Gasteiger partial charge in [0.1, 0.15) is 0 Å². The number of amidine groups is 1. The summed E-state index contributed by atoms with van der Waals surface area (Å²) < 4.78 is 4.83. The zero-order valence-electron chi connectivity index (χ0n) is 23.2. The number of hydrogen-bond acceptors (Lipinski definition) is 2. The van der Waals surface area contributed by atoms with E-state index in [1.807, 2.05) is 13.8 Å². The fraction of sp³-hybridized carbons (Fsp3) is 0.966. The molecule has 4 rings (SSSR count). The van der Waals surface area contributed by atoms with Crippen LogP contribution >= 0.6 is 7.92 Å². The summed E-state index contributed by atoms with van der Waals surface area (Å²) in [6, 6.07) is 1.21. The molecule has 0 heterocycles. The Balaban J connectivity index is 0.000000798. The van der Waals surface area contributed by atoms with Crippen molar-refractivity contribution >= 4 is 36.6 Å². The van der Waals surface area contributed by atoms with Crippen molar-refractivity contribution in [3.63, 3.8) is 0 Å². The fourth-order valence-corrected chi connectivity index (χ4v) is 10.1. The molecule has 200 valence electrons. The standard InChI is InChI=1S/C25H44N2P.C4H10O.BrH.Mg/c1-5-13-21(14-6-1)26-25(27-22-15-7-2-8-16-22)28(23-17-9-3-10-18-23)24-19-11-4-12-20-24;1-3-5-4-2;;/h21-24H,1-20H2;3-4H2,1-2H3;1H;/q-1;;;+2/p-1. The smallest absolute Gasteiger partial charge is 1.00 e. The van der Waals surface area contributed by atoms with Crippen molar-refractivity contribution in [3.8, 4) is 0 Å². The quantitative estimate of drug-likeness (QED) is 0.153. The predicted octanol–water partition coefficient (Wildman–Crippen LogP) is 6.19. The van der Waals surface area contributed by atoms with Gasteiger partial charge in [-0.3, -0.25) is 0 Å². The van der Waals surface area contributed by atoms with Crippen molar-refractivity contribution in [1.82, 2.24) is 0 Å². The average molecular weight is 582 g/mol. The maximum absolute atomic E-state index is 5.56. The van der Waals surface area contributed by atoms with Crippen LogP contribution in [0.1, 0.15) is 142 Å². The molecule has 0 unspecified atom stereocenters. The van der Waals surface area contributed by atoms with Gasteiger partial charge in [0.15, 0.2) is 0 Å². The van der Waals surface area contributed by atoms with E-state index in [9.17, 15) is 0 Å². The molecule has 0 spiro atoms. The second-order valence-corrected chi connectivity index (χ2v) is 13.6. The molecule has 4 aliphatic rings. The minimum Gasteiger partial charge on any atom is -1.00 e. The van der Waals surface area contributed by atoms with E-state index < -0.39 is 0 Å². The molecule has 0 radical (unpaired) electrons. The van der Waals surface area contributed by atoms with Crippen LogP contribution in [0.2, 0.25) is 0 Å². The SMILES string of the molecule is C1CCC(N=C([N-]C2CCCCC2)P(C2CCCCC2)C2CCCCC2)CC1.CCOCC.[Br-].[Mg+2]. The molecule has 0 N–H and O–H groups in total. The van der Waals surface area contributed by atoms with Gasteiger partial charge in [-0.25, -0.2) is 0 Å². The van der Waals surface area contributed by atoms with E-state index in [1.54, 1.807) is 0 Å². The number of aliphatic imine (C=N–C) groups is 1. The van der Waals surface area contributed by atoms with E-state index in [0.717, 1.165) is 24.5 Å². The van der Waals surface area contributed by atoms with Crippen LogP contribution in [-0.2, 0) is 4.74 Å². The van der Waals surface area contributed by atoms with Crippen LogP contribution < -0.4 is 17.0 Å². The second-order valence-electron chi connectivity index (χ2n) is 10.9. The van der Waals surface area contributed by atoms with Crippen molar-refractivity contribution in [2.24, 2.45) is 4.99 Å². The molecule has 4 fully saturated rings. The molecule has 6 heteroatoms. The molecule has 35 heavy (non-hydrogen) atoms. The van der Waals surface area contributed by atoms with Crippen molar-refractivity contribution in [2.75, 3.05) is 13.2 Å². The third-order valence-electron chi connectivity index (χ3n) is 8.32. The Morgan fingerprint density at radius 2 is 1.06 bits per heavy atom. The first kappa shape index (κ1) is 34.1. The van der Waals surface area contributed by atoms with Gasteiger partial charge in [-0.15, -0.1) is 0 Å². The van der Waals surface area contributed by atoms with Gasteiger partial charge in [0.2, 0.25) is 0 Å². The molecular weight excluding hydrogens is 528 g/mol. The summed E-state index contributed by atoms with van der Waals surface area (Å²) in [5, 5.41) is 5.56. The van der Waals surface area contributed by atoms with Gasteiger partial charge in [0.25, 0.3) is 0 Å². The molecular formula is C29H54BrMgN2OP. The van der Waals surface area contributed by atoms with Crippen LogP contribution in [0.15, 0.2) is 4.99 Å². The molecule has 0 atom stereocenters. The number of rotatable bonds is 7. The first-order valence-electron chi connectivity index (χ1n) is 15.0. The maximum Gasteiger partial charge on any atom is 2.00 e. The van der Waals surface area contributed by atoms with Gasteiger partial charge >= 0.3 is 23.1 Å². The third-order valence-corrected chi connectivity index (χ3v) is 11.6. The minimum absolute atomic E-state index is 0. The first-order valence-corrected chi connectivity index (χ1v) is 16.4. The van der Waals surface area contributed by atoms with E-state index in [1.165, 1.54) is 134 Å². The van der Waals surface area contributed by atoms with Crippen LogP contribution in [-0.4, -0.2) is 65.2 Å². The molecule has 0 amide bonds. The Kier molecular flexibility index (Phi) is 20.5. The van der Waals surface area contributed by atoms with Gasteiger partial charge in [0, 0.05) is 13.2 Å². The second kappa shape index (κ2) is 21.0. The number of ether oxygens (including phenoxy) is 1. The Labute approximate surface area is 246 Å². The summed E-state index contributed by atoms with van der Waals surface area (Å²) in [5.41, 5.74) is 3.34. The first-order chi connectivity index (χ1) is 16.3. The number of nitrogens with zero attached hydrogens (tertiary/aromatic N) is 2. The molecule has 4 aliphatic carbocycles. The Bertz CT molecular complexity index is 509. The zero-order chi connectivity index (χ0) is 23.1. The van der Waals surface area contributed by atoms with Crippen LogP contribution in [0.3, 0.4) is 0 Å². The van der Waals surface area contributed by atoms with Crippen molar-refractivity contribution < 1.29 is 21.7 Å². The van der Waals surface area contributed by atoms with E-state index in [2.05, 4.69) is 0 Å². The van der Waals surface area contributed by atoms with Crippen LogP contribution in [0.25, 0.3) is 5.32 Å². The largest absolute Gasteiger partial charge is 2.00 e. The topological polar surface area (TPSA) is 35.7 Å². The van der Waals surface area contributed by atoms with Crippen LogP contribution in [0.4, 0.5) is 0 Å². The van der Waals surface area contributed by atoms with E-state index in [4.69, 9.17) is 15.0 Å². The molecule has 4 saturated carbocycles. The van der Waals surface area contributed by atoms with Crippen molar-refractivity contribution in [3.05, 3.63) is 5.32 Å². The number of hydrogen-bond donors (Lipinski definition) is 0. The molecule has 0 aliphatic heterocycles. The molecule has 0 aromatic rings. The van der Waals surface area contributed by atoms with Gasteiger partial charge in [-0.1, -0.05) is 116 Å². The summed E-state index contributed by atoms with van der Waals surface area (Å²) >= 11 is 0. The van der Waals surface area contributed by atoms with E-state index in [-0.39, 0.29) is 48.0 Å². The number of halogens is 1. The molecule has 0 saturated heterocycles. The fourth-order valence-electron chi connectivity index (χ4n) is 6.46. The van der Waals surface area contributed by atoms with Crippen LogP contribution in [0, 0.1) is 0 Å². The predicted molar refractivity (Wildman–Crippen MR) is 153 cm³/mol. The summed E-state index contributed by atoms with van der Waals surface area (Å²) in [6.07, 6.45) is 28.5. The minimum atomic E-state index is -0.127. The summed E-state index contributed by atoms with van der Waals surface area (Å²) in [6.45, 7) is 5.67. The van der Waals surface area contributed by atoms with Crippen molar-refractivity contribution in [1.29, 1.82) is 0 Å². The maximum atomic E-state index is 5.56.